The highest BCUT2D eigenvalue weighted by Gasteiger charge is 2.31. The number of carbonyl (C=O) groups is 1. The Balaban J connectivity index is 1.79. The molecule has 1 saturated heterocycles. The van der Waals surface area contributed by atoms with Crippen LogP contribution < -0.4 is 10.6 Å². The monoisotopic (exact) mass is 184 g/mol. The highest BCUT2D eigenvalue weighted by atomic mass is 16.3. The van der Waals surface area contributed by atoms with Crippen LogP contribution in [0.4, 0.5) is 0 Å². The van der Waals surface area contributed by atoms with E-state index < -0.39 is 6.10 Å². The second kappa shape index (κ2) is 3.64. The van der Waals surface area contributed by atoms with E-state index in [1.54, 1.807) is 0 Å². The SMILES string of the molecule is O=C(NC1CC1)C(O)[C@@H]1CCCN1. The van der Waals surface area contributed by atoms with Gasteiger partial charge < -0.3 is 15.7 Å². The molecule has 4 nitrogen and oxygen atoms in total. The summed E-state index contributed by atoms with van der Waals surface area (Å²) in [5, 5.41) is 15.5. The van der Waals surface area contributed by atoms with E-state index >= 15 is 0 Å². The van der Waals surface area contributed by atoms with Crippen LogP contribution in [-0.4, -0.2) is 35.7 Å². The summed E-state index contributed by atoms with van der Waals surface area (Å²) >= 11 is 0. The number of rotatable bonds is 3. The third-order valence-electron chi connectivity index (χ3n) is 2.67. The standard InChI is InChI=1S/C9H16N2O2/c12-8(7-2-1-5-10-7)9(13)11-6-3-4-6/h6-8,10,12H,1-5H2,(H,11,13)/t7-,8?/m0/s1. The van der Waals surface area contributed by atoms with Crippen molar-refractivity contribution in [3.05, 3.63) is 0 Å². The summed E-state index contributed by atoms with van der Waals surface area (Å²) in [6.45, 7) is 0.915. The molecular weight excluding hydrogens is 168 g/mol. The normalized spacial score (nSPS) is 30.1. The minimum Gasteiger partial charge on any atom is -0.382 e. The summed E-state index contributed by atoms with van der Waals surface area (Å²) in [6.07, 6.45) is 3.23. The van der Waals surface area contributed by atoms with Gasteiger partial charge >= 0.3 is 0 Å². The van der Waals surface area contributed by atoms with Crippen LogP contribution in [-0.2, 0) is 4.79 Å². The molecule has 0 aromatic carbocycles. The fraction of sp³-hybridized carbons (Fsp3) is 0.889. The van der Waals surface area contributed by atoms with Gasteiger partial charge in [0.1, 0.15) is 6.10 Å². The third kappa shape index (κ3) is 2.19. The number of carbonyl (C=O) groups excluding carboxylic acids is 1. The zero-order chi connectivity index (χ0) is 9.26. The number of aliphatic hydroxyl groups is 1. The molecule has 1 unspecified atom stereocenters. The van der Waals surface area contributed by atoms with Crippen molar-refractivity contribution in [2.45, 2.75) is 43.9 Å². The predicted molar refractivity (Wildman–Crippen MR) is 48.2 cm³/mol. The van der Waals surface area contributed by atoms with Gasteiger partial charge in [-0.25, -0.2) is 0 Å². The van der Waals surface area contributed by atoms with Crippen molar-refractivity contribution in [3.8, 4) is 0 Å². The van der Waals surface area contributed by atoms with Gasteiger partial charge in [0.2, 0.25) is 0 Å². The lowest BCUT2D eigenvalue weighted by atomic mass is 10.1. The zero-order valence-corrected chi connectivity index (χ0v) is 7.62. The summed E-state index contributed by atoms with van der Waals surface area (Å²) in [5.41, 5.74) is 0. The summed E-state index contributed by atoms with van der Waals surface area (Å²) in [4.78, 5) is 11.4. The number of hydrogen-bond donors (Lipinski definition) is 3. The van der Waals surface area contributed by atoms with Gasteiger partial charge in [-0.05, 0) is 32.2 Å². The maximum absolute atomic E-state index is 11.4. The van der Waals surface area contributed by atoms with Crippen molar-refractivity contribution < 1.29 is 9.90 Å². The van der Waals surface area contributed by atoms with Gasteiger partial charge in [0.25, 0.3) is 5.91 Å². The molecule has 1 aliphatic carbocycles. The van der Waals surface area contributed by atoms with E-state index in [0.29, 0.717) is 6.04 Å². The Morgan fingerprint density at radius 3 is 2.77 bits per heavy atom. The van der Waals surface area contributed by atoms with Crippen LogP contribution >= 0.6 is 0 Å². The lowest BCUT2D eigenvalue weighted by Crippen LogP contribution is -2.46. The Kier molecular flexibility index (Phi) is 2.51. The predicted octanol–water partition coefficient (Wildman–Crippen LogP) is -0.622. The molecule has 0 bridgehead atoms. The van der Waals surface area contributed by atoms with Crippen molar-refractivity contribution in [2.75, 3.05) is 6.54 Å². The quantitative estimate of drug-likeness (QED) is 0.547. The second-order valence-electron chi connectivity index (χ2n) is 3.93. The Morgan fingerprint density at radius 1 is 1.46 bits per heavy atom. The number of nitrogens with one attached hydrogen (secondary N) is 2. The molecule has 1 heterocycles. The molecule has 3 N–H and O–H groups in total. The van der Waals surface area contributed by atoms with Gasteiger partial charge in [-0.3, -0.25) is 4.79 Å². The average molecular weight is 184 g/mol. The Bertz CT molecular complexity index is 198. The van der Waals surface area contributed by atoms with E-state index in [9.17, 15) is 9.90 Å². The fourth-order valence-corrected chi connectivity index (χ4v) is 1.68. The first kappa shape index (κ1) is 8.97. The molecule has 1 aliphatic heterocycles. The van der Waals surface area contributed by atoms with Crippen LogP contribution in [0.25, 0.3) is 0 Å². The van der Waals surface area contributed by atoms with Crippen LogP contribution in [0.2, 0.25) is 0 Å². The van der Waals surface area contributed by atoms with Crippen molar-refractivity contribution in [2.24, 2.45) is 0 Å². The molecule has 2 aliphatic rings. The zero-order valence-electron chi connectivity index (χ0n) is 7.62. The molecule has 74 valence electrons. The molecule has 4 heteroatoms. The first-order chi connectivity index (χ1) is 6.27. The summed E-state index contributed by atoms with van der Waals surface area (Å²) < 4.78 is 0. The smallest absolute Gasteiger partial charge is 0.250 e. The molecule has 2 fully saturated rings. The Hall–Kier alpha value is -0.610. The van der Waals surface area contributed by atoms with E-state index in [0.717, 1.165) is 32.2 Å². The van der Waals surface area contributed by atoms with Crippen LogP contribution in [0, 0.1) is 0 Å². The van der Waals surface area contributed by atoms with Crippen LogP contribution in [0.3, 0.4) is 0 Å². The summed E-state index contributed by atoms with van der Waals surface area (Å²) in [7, 11) is 0. The summed E-state index contributed by atoms with van der Waals surface area (Å²) in [6, 6.07) is 0.308. The highest BCUT2D eigenvalue weighted by Crippen LogP contribution is 2.19. The van der Waals surface area contributed by atoms with Crippen LogP contribution in [0.1, 0.15) is 25.7 Å². The minimum atomic E-state index is -0.858. The van der Waals surface area contributed by atoms with E-state index in [4.69, 9.17) is 0 Å². The largest absolute Gasteiger partial charge is 0.382 e. The first-order valence-electron chi connectivity index (χ1n) is 4.99. The van der Waals surface area contributed by atoms with Crippen LogP contribution in [0.15, 0.2) is 0 Å². The van der Waals surface area contributed by atoms with Crippen molar-refractivity contribution in [1.29, 1.82) is 0 Å². The van der Waals surface area contributed by atoms with Gasteiger partial charge in [-0.2, -0.15) is 0 Å². The van der Waals surface area contributed by atoms with Crippen molar-refractivity contribution >= 4 is 5.91 Å². The molecule has 1 amide bonds. The molecular formula is C9H16N2O2. The molecule has 0 aromatic heterocycles. The summed E-state index contributed by atoms with van der Waals surface area (Å²) in [5.74, 6) is -0.207. The molecule has 0 radical (unpaired) electrons. The number of hydrogen-bond acceptors (Lipinski definition) is 3. The molecule has 2 rings (SSSR count). The maximum Gasteiger partial charge on any atom is 0.250 e. The highest BCUT2D eigenvalue weighted by molar-refractivity contribution is 5.81. The van der Waals surface area contributed by atoms with E-state index in [1.165, 1.54) is 0 Å². The van der Waals surface area contributed by atoms with Crippen LogP contribution in [0.5, 0.6) is 0 Å². The molecule has 0 aromatic rings. The van der Waals surface area contributed by atoms with Crippen molar-refractivity contribution in [1.82, 2.24) is 10.6 Å². The van der Waals surface area contributed by atoms with Crippen molar-refractivity contribution in [3.63, 3.8) is 0 Å². The third-order valence-corrected chi connectivity index (χ3v) is 2.67. The van der Waals surface area contributed by atoms with E-state index in [2.05, 4.69) is 10.6 Å². The fourth-order valence-electron chi connectivity index (χ4n) is 1.68. The van der Waals surface area contributed by atoms with E-state index in [1.807, 2.05) is 0 Å². The minimum absolute atomic E-state index is 0.0289. The van der Waals surface area contributed by atoms with Gasteiger partial charge in [-0.1, -0.05) is 0 Å². The topological polar surface area (TPSA) is 61.4 Å². The second-order valence-corrected chi connectivity index (χ2v) is 3.93. The Labute approximate surface area is 77.7 Å². The molecule has 2 atom stereocenters. The maximum atomic E-state index is 11.4. The van der Waals surface area contributed by atoms with E-state index in [-0.39, 0.29) is 11.9 Å². The van der Waals surface area contributed by atoms with Gasteiger partial charge in [0, 0.05) is 12.1 Å². The Morgan fingerprint density at radius 2 is 2.23 bits per heavy atom. The lowest BCUT2D eigenvalue weighted by molar-refractivity contribution is -0.130. The van der Waals surface area contributed by atoms with Gasteiger partial charge in [-0.15, -0.1) is 0 Å². The van der Waals surface area contributed by atoms with Gasteiger partial charge in [0.15, 0.2) is 0 Å². The number of amides is 1. The number of aliphatic hydroxyl groups excluding tert-OH is 1. The molecule has 1 saturated carbocycles. The molecule has 13 heavy (non-hydrogen) atoms. The first-order valence-corrected chi connectivity index (χ1v) is 4.99. The average Bonchev–Trinajstić information content (AvgIpc) is 2.78. The van der Waals surface area contributed by atoms with Gasteiger partial charge in [0.05, 0.1) is 0 Å². The lowest BCUT2D eigenvalue weighted by Gasteiger charge is -2.17. The molecule has 0 spiro atoms.